The molecular weight excluding hydrogens is 369 g/mol. The van der Waals surface area contributed by atoms with Crippen LogP contribution in [-0.2, 0) is 6.42 Å². The maximum atomic E-state index is 14.4. The molecule has 1 aliphatic rings. The lowest BCUT2D eigenvalue weighted by atomic mass is 9.89. The summed E-state index contributed by atoms with van der Waals surface area (Å²) >= 11 is 0. The summed E-state index contributed by atoms with van der Waals surface area (Å²) in [5.41, 5.74) is 1.60. The number of likely N-dealkylation sites (tertiary alicyclic amines) is 1. The molecule has 0 aliphatic carbocycles. The van der Waals surface area contributed by atoms with Crippen LogP contribution in [0.15, 0.2) is 61.3 Å². The van der Waals surface area contributed by atoms with Crippen molar-refractivity contribution in [2.45, 2.75) is 24.9 Å². The Morgan fingerprint density at radius 3 is 2.48 bits per heavy atom. The molecule has 1 aliphatic heterocycles. The Balaban J connectivity index is 0.000000166. The summed E-state index contributed by atoms with van der Waals surface area (Å²) in [6.07, 6.45) is 8.88. The topological polar surface area (TPSA) is 71.9 Å². The number of rotatable bonds is 4. The highest BCUT2D eigenvalue weighted by Gasteiger charge is 2.33. The summed E-state index contributed by atoms with van der Waals surface area (Å²) in [6.45, 7) is 1.70. The number of alkyl halides is 1. The van der Waals surface area contributed by atoms with Gasteiger partial charge in [-0.1, -0.05) is 6.07 Å². The molecule has 3 aromatic heterocycles. The summed E-state index contributed by atoms with van der Waals surface area (Å²) in [5.74, 6) is 0. The molecular formula is C22H24FN5O. The number of carbonyl (C=O) groups is 1. The molecule has 1 saturated heterocycles. The van der Waals surface area contributed by atoms with Gasteiger partial charge in [0, 0.05) is 49.4 Å². The van der Waals surface area contributed by atoms with Crippen LogP contribution in [0.4, 0.5) is 4.39 Å². The normalized spacial score (nSPS) is 15.8. The molecule has 29 heavy (non-hydrogen) atoms. The van der Waals surface area contributed by atoms with Crippen molar-refractivity contribution < 1.29 is 9.18 Å². The van der Waals surface area contributed by atoms with E-state index in [-0.39, 0.29) is 0 Å². The highest BCUT2D eigenvalue weighted by atomic mass is 19.1. The first kappa shape index (κ1) is 20.7. The zero-order valence-electron chi connectivity index (χ0n) is 16.4. The number of aromatic nitrogens is 4. The molecule has 0 atom stereocenters. The van der Waals surface area contributed by atoms with Gasteiger partial charge in [0.1, 0.15) is 12.0 Å². The van der Waals surface area contributed by atoms with Crippen LogP contribution in [0.2, 0.25) is 0 Å². The Bertz CT molecular complexity index is 899. The minimum Gasteiger partial charge on any atom is -0.306 e. The number of aldehydes is 1. The Kier molecular flexibility index (Phi) is 7.08. The average molecular weight is 393 g/mol. The van der Waals surface area contributed by atoms with E-state index in [9.17, 15) is 9.18 Å². The standard InChI is InChI=1S/C12H17FN2.C10H7N3O/c1-15-8-5-12(13,6-9-15)10-11-4-2-3-7-14-11;14-6-8-2-1-4-12-10(8)9-3-5-11-7-13-9/h2-4,7H,5-6,8-10H2,1H3;1-7H. The fourth-order valence-corrected chi connectivity index (χ4v) is 3.18. The monoisotopic (exact) mass is 393 g/mol. The van der Waals surface area contributed by atoms with E-state index >= 15 is 0 Å². The van der Waals surface area contributed by atoms with Crippen molar-refractivity contribution in [1.82, 2.24) is 24.8 Å². The van der Waals surface area contributed by atoms with Crippen LogP contribution in [0, 0.1) is 0 Å². The van der Waals surface area contributed by atoms with Gasteiger partial charge in [0.15, 0.2) is 6.29 Å². The Morgan fingerprint density at radius 2 is 1.83 bits per heavy atom. The number of nitrogens with zero attached hydrogens (tertiary/aromatic N) is 5. The third-order valence-corrected chi connectivity index (χ3v) is 4.90. The minimum absolute atomic E-state index is 0.460. The number of carbonyl (C=O) groups excluding carboxylic acids is 1. The second kappa shape index (κ2) is 9.93. The average Bonchev–Trinajstić information content (AvgIpc) is 2.78. The van der Waals surface area contributed by atoms with Crippen molar-refractivity contribution in [2.75, 3.05) is 20.1 Å². The van der Waals surface area contributed by atoms with Crippen LogP contribution in [0.3, 0.4) is 0 Å². The maximum Gasteiger partial charge on any atom is 0.152 e. The number of halogens is 1. The van der Waals surface area contributed by atoms with Crippen molar-refractivity contribution in [2.24, 2.45) is 0 Å². The van der Waals surface area contributed by atoms with Crippen LogP contribution in [0.25, 0.3) is 11.4 Å². The highest BCUT2D eigenvalue weighted by Crippen LogP contribution is 2.29. The van der Waals surface area contributed by atoms with Crippen LogP contribution >= 0.6 is 0 Å². The minimum atomic E-state index is -1.04. The summed E-state index contributed by atoms with van der Waals surface area (Å²) < 4.78 is 14.4. The van der Waals surface area contributed by atoms with E-state index < -0.39 is 5.67 Å². The van der Waals surface area contributed by atoms with E-state index in [0.29, 0.717) is 36.2 Å². The van der Waals surface area contributed by atoms with Gasteiger partial charge in [0.25, 0.3) is 0 Å². The van der Waals surface area contributed by atoms with Crippen LogP contribution in [0.1, 0.15) is 28.9 Å². The first-order chi connectivity index (χ1) is 14.1. The van der Waals surface area contributed by atoms with Crippen molar-refractivity contribution in [3.8, 4) is 11.4 Å². The molecule has 0 saturated carbocycles. The summed E-state index contributed by atoms with van der Waals surface area (Å²) in [6, 6.07) is 10.8. The molecule has 0 radical (unpaired) electrons. The van der Waals surface area contributed by atoms with E-state index in [0.717, 1.165) is 25.1 Å². The lowest BCUT2D eigenvalue weighted by molar-refractivity contribution is 0.0689. The molecule has 3 aromatic rings. The van der Waals surface area contributed by atoms with Gasteiger partial charge in [0.05, 0.1) is 11.4 Å². The molecule has 0 amide bonds. The fraction of sp³-hybridized carbons (Fsp3) is 0.318. The van der Waals surface area contributed by atoms with Gasteiger partial charge < -0.3 is 4.90 Å². The maximum absolute atomic E-state index is 14.4. The molecule has 150 valence electrons. The van der Waals surface area contributed by atoms with Crippen LogP contribution in [0.5, 0.6) is 0 Å². The predicted octanol–water partition coefficient (Wildman–Crippen LogP) is 3.41. The van der Waals surface area contributed by atoms with Gasteiger partial charge in [-0.2, -0.15) is 0 Å². The van der Waals surface area contributed by atoms with Gasteiger partial charge in [-0.25, -0.2) is 14.4 Å². The van der Waals surface area contributed by atoms with Gasteiger partial charge in [-0.05, 0) is 50.2 Å². The number of hydrogen-bond donors (Lipinski definition) is 0. The molecule has 0 unspecified atom stereocenters. The largest absolute Gasteiger partial charge is 0.306 e. The van der Waals surface area contributed by atoms with Gasteiger partial charge in [-0.15, -0.1) is 0 Å². The molecule has 0 bridgehead atoms. The van der Waals surface area contributed by atoms with Crippen molar-refractivity contribution in [3.63, 3.8) is 0 Å². The summed E-state index contributed by atoms with van der Waals surface area (Å²) in [5, 5.41) is 0. The molecule has 0 N–H and O–H groups in total. The number of hydrogen-bond acceptors (Lipinski definition) is 6. The Hall–Kier alpha value is -3.06. The number of piperidine rings is 1. The first-order valence-electron chi connectivity index (χ1n) is 9.54. The van der Waals surface area contributed by atoms with Crippen molar-refractivity contribution in [3.05, 3.63) is 72.6 Å². The lowest BCUT2D eigenvalue weighted by Crippen LogP contribution is -2.41. The smallest absolute Gasteiger partial charge is 0.152 e. The van der Waals surface area contributed by atoms with Gasteiger partial charge >= 0.3 is 0 Å². The molecule has 4 heterocycles. The molecule has 4 rings (SSSR count). The van der Waals surface area contributed by atoms with Crippen molar-refractivity contribution in [1.29, 1.82) is 0 Å². The molecule has 6 nitrogen and oxygen atoms in total. The Labute approximate surface area is 169 Å². The second-order valence-corrected chi connectivity index (χ2v) is 7.11. The quantitative estimate of drug-likeness (QED) is 0.633. The summed E-state index contributed by atoms with van der Waals surface area (Å²) in [4.78, 5) is 29.0. The Morgan fingerprint density at radius 1 is 1.03 bits per heavy atom. The fourth-order valence-electron chi connectivity index (χ4n) is 3.18. The lowest BCUT2D eigenvalue weighted by Gasteiger charge is -2.34. The SMILES string of the molecule is CN1CCC(F)(Cc2ccccn2)CC1.O=Cc1cccnc1-c1ccncn1. The molecule has 7 heteroatoms. The van der Waals surface area contributed by atoms with Crippen molar-refractivity contribution >= 4 is 6.29 Å². The van der Waals surface area contributed by atoms with E-state index in [4.69, 9.17) is 0 Å². The van der Waals surface area contributed by atoms with E-state index in [1.165, 1.54) is 6.33 Å². The van der Waals surface area contributed by atoms with Crippen LogP contribution in [-0.4, -0.2) is 56.9 Å². The van der Waals surface area contributed by atoms with Crippen LogP contribution < -0.4 is 0 Å². The third kappa shape index (κ3) is 5.96. The molecule has 0 aromatic carbocycles. The van der Waals surface area contributed by atoms with E-state index in [1.54, 1.807) is 36.8 Å². The predicted molar refractivity (Wildman–Crippen MR) is 109 cm³/mol. The second-order valence-electron chi connectivity index (χ2n) is 7.11. The summed E-state index contributed by atoms with van der Waals surface area (Å²) in [7, 11) is 2.04. The zero-order chi connectivity index (χ0) is 20.5. The molecule has 1 fully saturated rings. The first-order valence-corrected chi connectivity index (χ1v) is 9.54. The van der Waals surface area contributed by atoms with E-state index in [2.05, 4.69) is 24.8 Å². The van der Waals surface area contributed by atoms with Gasteiger partial charge in [-0.3, -0.25) is 14.8 Å². The third-order valence-electron chi connectivity index (χ3n) is 4.90. The highest BCUT2D eigenvalue weighted by molar-refractivity contribution is 5.84. The van der Waals surface area contributed by atoms with Gasteiger partial charge in [0.2, 0.25) is 0 Å². The number of pyridine rings is 2. The van der Waals surface area contributed by atoms with E-state index in [1.807, 2.05) is 25.2 Å². The molecule has 0 spiro atoms. The zero-order valence-corrected chi connectivity index (χ0v) is 16.4.